The summed E-state index contributed by atoms with van der Waals surface area (Å²) in [4.78, 5) is 1.31. The molecule has 0 aliphatic heterocycles. The number of halogens is 1. The average molecular weight is 364 g/mol. The van der Waals surface area contributed by atoms with Gasteiger partial charge in [-0.1, -0.05) is 25.1 Å². The second-order valence-electron chi connectivity index (χ2n) is 5.00. The molecular weight excluding hydrogens is 346 g/mol. The van der Waals surface area contributed by atoms with Gasteiger partial charge in [0.05, 0.1) is 21.5 Å². The average Bonchev–Trinajstić information content (AvgIpc) is 3.05. The van der Waals surface area contributed by atoms with E-state index >= 15 is 0 Å². The first-order valence-electron chi connectivity index (χ1n) is 7.17. The predicted octanol–water partition coefficient (Wildman–Crippen LogP) is 4.41. The molecule has 3 nitrogen and oxygen atoms in total. The molecule has 0 amide bonds. The summed E-state index contributed by atoms with van der Waals surface area (Å²) in [5, 5.41) is 9.50. The zero-order valence-corrected chi connectivity index (χ0v) is 14.4. The van der Waals surface area contributed by atoms with E-state index in [1.165, 1.54) is 19.6 Å². The number of nitrogens with zero attached hydrogens (tertiary/aromatic N) is 2. The molecule has 21 heavy (non-hydrogen) atoms. The molecule has 3 aromatic rings. The van der Waals surface area contributed by atoms with E-state index in [2.05, 4.69) is 69.3 Å². The van der Waals surface area contributed by atoms with Gasteiger partial charge in [-0.3, -0.25) is 4.68 Å². The number of fused-ring (bicyclic) bond motifs is 1. The van der Waals surface area contributed by atoms with Crippen LogP contribution in [0.1, 0.15) is 23.9 Å². The number of nitrogens with one attached hydrogen (secondary N) is 1. The third-order valence-corrected chi connectivity index (χ3v) is 5.00. The lowest BCUT2D eigenvalue weighted by Crippen LogP contribution is -2.14. The molecular formula is C16H18BrN3S. The molecule has 2 aromatic heterocycles. The molecule has 3 rings (SSSR count). The fraction of sp³-hybridized carbons (Fsp3) is 0.312. The normalized spacial score (nSPS) is 11.3. The monoisotopic (exact) mass is 363 g/mol. The first kappa shape index (κ1) is 14.8. The summed E-state index contributed by atoms with van der Waals surface area (Å²) >= 11 is 5.28. The van der Waals surface area contributed by atoms with Crippen LogP contribution in [0.5, 0.6) is 0 Å². The number of hydrogen-bond donors (Lipinski definition) is 1. The van der Waals surface area contributed by atoms with Gasteiger partial charge in [0.15, 0.2) is 0 Å². The molecule has 0 atom stereocenters. The van der Waals surface area contributed by atoms with Crippen LogP contribution in [0.25, 0.3) is 10.9 Å². The Morgan fingerprint density at radius 1 is 1.24 bits per heavy atom. The Kier molecular flexibility index (Phi) is 4.73. The summed E-state index contributed by atoms with van der Waals surface area (Å²) in [7, 11) is 0. The topological polar surface area (TPSA) is 29.9 Å². The van der Waals surface area contributed by atoms with Crippen LogP contribution >= 0.6 is 27.3 Å². The zero-order valence-electron chi connectivity index (χ0n) is 12.0. The summed E-state index contributed by atoms with van der Waals surface area (Å²) in [5.41, 5.74) is 2.34. The Morgan fingerprint density at radius 2 is 2.10 bits per heavy atom. The lowest BCUT2D eigenvalue weighted by atomic mass is 10.2. The Bertz CT molecular complexity index is 732. The summed E-state index contributed by atoms with van der Waals surface area (Å²) in [6.07, 6.45) is 1.14. The van der Waals surface area contributed by atoms with Gasteiger partial charge in [0.25, 0.3) is 0 Å². The van der Waals surface area contributed by atoms with E-state index in [-0.39, 0.29) is 0 Å². The fourth-order valence-corrected chi connectivity index (χ4v) is 3.88. The molecule has 0 aliphatic carbocycles. The highest BCUT2D eigenvalue weighted by molar-refractivity contribution is 9.11. The van der Waals surface area contributed by atoms with Crippen molar-refractivity contribution in [3.05, 3.63) is 50.8 Å². The van der Waals surface area contributed by atoms with Crippen molar-refractivity contribution >= 4 is 38.2 Å². The lowest BCUT2D eigenvalue weighted by molar-refractivity contribution is 0.638. The maximum atomic E-state index is 4.81. The summed E-state index contributed by atoms with van der Waals surface area (Å²) in [6.45, 7) is 4.86. The minimum Gasteiger partial charge on any atom is -0.311 e. The molecule has 2 heterocycles. The van der Waals surface area contributed by atoms with E-state index in [1.54, 1.807) is 11.3 Å². The highest BCUT2D eigenvalue weighted by atomic mass is 79.9. The van der Waals surface area contributed by atoms with Crippen LogP contribution in [0.3, 0.4) is 0 Å². The van der Waals surface area contributed by atoms with Crippen LogP contribution in [0.15, 0.2) is 40.2 Å². The van der Waals surface area contributed by atoms with Crippen molar-refractivity contribution in [3.63, 3.8) is 0 Å². The molecule has 0 radical (unpaired) electrons. The number of hydrogen-bond acceptors (Lipinski definition) is 3. The summed E-state index contributed by atoms with van der Waals surface area (Å²) in [5.74, 6) is 0. The van der Waals surface area contributed by atoms with Gasteiger partial charge in [-0.05, 0) is 47.1 Å². The molecule has 0 aliphatic rings. The minimum atomic E-state index is 0.824. The van der Waals surface area contributed by atoms with Gasteiger partial charge >= 0.3 is 0 Å². The van der Waals surface area contributed by atoms with Crippen LogP contribution in [0.4, 0.5) is 0 Å². The standard InChI is InChI=1S/C16H18BrN3S/c1-2-9-18-10-14-13-5-3-4-6-15(13)20(19-14)11-12-7-8-16(17)21-12/h3-8,18H,2,9-11H2,1H3. The predicted molar refractivity (Wildman–Crippen MR) is 92.9 cm³/mol. The van der Waals surface area contributed by atoms with Crippen LogP contribution in [-0.4, -0.2) is 16.3 Å². The number of rotatable bonds is 6. The van der Waals surface area contributed by atoms with E-state index in [1.807, 2.05) is 0 Å². The molecule has 0 unspecified atom stereocenters. The highest BCUT2D eigenvalue weighted by Crippen LogP contribution is 2.25. The van der Waals surface area contributed by atoms with Gasteiger partial charge in [-0.15, -0.1) is 11.3 Å². The Hall–Kier alpha value is -1.17. The van der Waals surface area contributed by atoms with Crippen LogP contribution < -0.4 is 5.32 Å². The Labute approximate surface area is 137 Å². The molecule has 0 fully saturated rings. The highest BCUT2D eigenvalue weighted by Gasteiger charge is 2.10. The second kappa shape index (κ2) is 6.73. The van der Waals surface area contributed by atoms with Crippen molar-refractivity contribution in [2.75, 3.05) is 6.54 Å². The molecule has 0 bridgehead atoms. The van der Waals surface area contributed by atoms with Crippen molar-refractivity contribution in [2.24, 2.45) is 0 Å². The van der Waals surface area contributed by atoms with E-state index in [0.717, 1.165) is 31.7 Å². The van der Waals surface area contributed by atoms with Crippen molar-refractivity contribution in [1.82, 2.24) is 15.1 Å². The maximum absolute atomic E-state index is 4.81. The summed E-state index contributed by atoms with van der Waals surface area (Å²) < 4.78 is 3.27. The van der Waals surface area contributed by atoms with Crippen LogP contribution in [-0.2, 0) is 13.1 Å². The summed E-state index contributed by atoms with van der Waals surface area (Å²) in [6, 6.07) is 12.7. The second-order valence-corrected chi connectivity index (χ2v) is 7.55. The van der Waals surface area contributed by atoms with Gasteiger partial charge in [-0.2, -0.15) is 5.10 Å². The van der Waals surface area contributed by atoms with Gasteiger partial charge in [0, 0.05) is 16.8 Å². The van der Waals surface area contributed by atoms with E-state index in [0.29, 0.717) is 0 Å². The number of aromatic nitrogens is 2. The number of thiophene rings is 1. The fourth-order valence-electron chi connectivity index (χ4n) is 2.42. The van der Waals surface area contributed by atoms with Crippen molar-refractivity contribution < 1.29 is 0 Å². The molecule has 110 valence electrons. The molecule has 1 N–H and O–H groups in total. The van der Waals surface area contributed by atoms with Gasteiger partial charge in [0.1, 0.15) is 0 Å². The minimum absolute atomic E-state index is 0.824. The number of benzene rings is 1. The molecule has 1 aromatic carbocycles. The third-order valence-electron chi connectivity index (χ3n) is 3.39. The van der Waals surface area contributed by atoms with E-state index in [9.17, 15) is 0 Å². The van der Waals surface area contributed by atoms with Gasteiger partial charge in [-0.25, -0.2) is 0 Å². The molecule has 5 heteroatoms. The lowest BCUT2D eigenvalue weighted by Gasteiger charge is -2.01. The maximum Gasteiger partial charge on any atom is 0.0841 e. The molecule has 0 saturated carbocycles. The van der Waals surface area contributed by atoms with Gasteiger partial charge in [0.2, 0.25) is 0 Å². The molecule has 0 saturated heterocycles. The van der Waals surface area contributed by atoms with Crippen molar-refractivity contribution in [1.29, 1.82) is 0 Å². The first-order valence-corrected chi connectivity index (χ1v) is 8.78. The zero-order chi connectivity index (χ0) is 14.7. The quantitative estimate of drug-likeness (QED) is 0.657. The van der Waals surface area contributed by atoms with Gasteiger partial charge < -0.3 is 5.32 Å². The van der Waals surface area contributed by atoms with Crippen LogP contribution in [0, 0.1) is 0 Å². The SMILES string of the molecule is CCCNCc1nn(Cc2ccc(Br)s2)c2ccccc12. The van der Waals surface area contributed by atoms with Crippen molar-refractivity contribution in [3.8, 4) is 0 Å². The largest absolute Gasteiger partial charge is 0.311 e. The van der Waals surface area contributed by atoms with Crippen molar-refractivity contribution in [2.45, 2.75) is 26.4 Å². The Morgan fingerprint density at radius 3 is 2.86 bits per heavy atom. The first-order chi connectivity index (χ1) is 10.3. The molecule has 0 spiro atoms. The van der Waals surface area contributed by atoms with Crippen LogP contribution in [0.2, 0.25) is 0 Å². The van der Waals surface area contributed by atoms with E-state index in [4.69, 9.17) is 5.10 Å². The number of para-hydroxylation sites is 1. The third kappa shape index (κ3) is 3.36. The smallest absolute Gasteiger partial charge is 0.0841 e. The van der Waals surface area contributed by atoms with E-state index < -0.39 is 0 Å². The Balaban J connectivity index is 1.90.